The van der Waals surface area contributed by atoms with E-state index in [1.807, 2.05) is 0 Å². The third kappa shape index (κ3) is 1.55. The number of ether oxygens (including phenoxy) is 1. The highest BCUT2D eigenvalue weighted by Gasteiger charge is 2.46. The molecule has 82 valence electrons. The van der Waals surface area contributed by atoms with E-state index in [9.17, 15) is 9.50 Å². The first-order valence-corrected chi connectivity index (χ1v) is 4.90. The second-order valence-corrected chi connectivity index (χ2v) is 3.99. The van der Waals surface area contributed by atoms with Gasteiger partial charge in [-0.25, -0.2) is 4.39 Å². The van der Waals surface area contributed by atoms with Crippen LogP contribution in [0.3, 0.4) is 0 Å². The highest BCUT2D eigenvalue weighted by molar-refractivity contribution is 5.52. The van der Waals surface area contributed by atoms with Crippen LogP contribution >= 0.6 is 0 Å². The molecule has 2 rings (SSSR count). The van der Waals surface area contributed by atoms with Crippen molar-refractivity contribution in [2.45, 2.75) is 18.3 Å². The van der Waals surface area contributed by atoms with E-state index in [1.165, 1.54) is 13.2 Å². The van der Waals surface area contributed by atoms with Crippen LogP contribution in [-0.2, 0) is 5.41 Å². The van der Waals surface area contributed by atoms with Gasteiger partial charge in [0.1, 0.15) is 17.3 Å². The van der Waals surface area contributed by atoms with Gasteiger partial charge in [0.05, 0.1) is 7.11 Å². The number of halogens is 1. The number of aromatic hydroxyl groups is 1. The SMILES string of the molecule is COc1cc(F)cc(O)c1C1(CN)CC1. The molecule has 0 aliphatic heterocycles. The predicted molar refractivity (Wildman–Crippen MR) is 54.6 cm³/mol. The minimum Gasteiger partial charge on any atom is -0.507 e. The Morgan fingerprint density at radius 1 is 1.53 bits per heavy atom. The summed E-state index contributed by atoms with van der Waals surface area (Å²) in [6.07, 6.45) is 1.83. The summed E-state index contributed by atoms with van der Waals surface area (Å²) < 4.78 is 18.1. The van der Waals surface area contributed by atoms with E-state index in [0.29, 0.717) is 17.9 Å². The van der Waals surface area contributed by atoms with Crippen molar-refractivity contribution in [1.82, 2.24) is 0 Å². The highest BCUT2D eigenvalue weighted by atomic mass is 19.1. The van der Waals surface area contributed by atoms with Crippen LogP contribution in [0.1, 0.15) is 18.4 Å². The van der Waals surface area contributed by atoms with Gasteiger partial charge in [0.25, 0.3) is 0 Å². The highest BCUT2D eigenvalue weighted by Crippen LogP contribution is 2.53. The minimum absolute atomic E-state index is 0.0604. The van der Waals surface area contributed by atoms with Gasteiger partial charge in [0.15, 0.2) is 0 Å². The lowest BCUT2D eigenvalue weighted by Crippen LogP contribution is -2.20. The van der Waals surface area contributed by atoms with Crippen LogP contribution in [0.5, 0.6) is 11.5 Å². The molecule has 1 aromatic carbocycles. The van der Waals surface area contributed by atoms with Gasteiger partial charge in [-0.1, -0.05) is 0 Å². The first-order chi connectivity index (χ1) is 7.13. The minimum atomic E-state index is -0.499. The fraction of sp³-hybridized carbons (Fsp3) is 0.455. The second-order valence-electron chi connectivity index (χ2n) is 3.99. The van der Waals surface area contributed by atoms with E-state index in [0.717, 1.165) is 18.9 Å². The molecular formula is C11H14FNO2. The Morgan fingerprint density at radius 3 is 2.67 bits per heavy atom. The van der Waals surface area contributed by atoms with Crippen LogP contribution in [0.2, 0.25) is 0 Å². The van der Waals surface area contributed by atoms with Gasteiger partial charge < -0.3 is 15.6 Å². The summed E-state index contributed by atoms with van der Waals surface area (Å²) in [5.74, 6) is -0.175. The lowest BCUT2D eigenvalue weighted by molar-refractivity contribution is 0.386. The lowest BCUT2D eigenvalue weighted by atomic mass is 9.94. The Hall–Kier alpha value is -1.29. The molecule has 1 fully saturated rings. The Kier molecular flexibility index (Phi) is 2.31. The molecule has 0 heterocycles. The lowest BCUT2D eigenvalue weighted by Gasteiger charge is -2.18. The summed E-state index contributed by atoms with van der Waals surface area (Å²) in [4.78, 5) is 0. The van der Waals surface area contributed by atoms with Crippen LogP contribution in [0.4, 0.5) is 4.39 Å². The third-order valence-corrected chi connectivity index (χ3v) is 3.04. The van der Waals surface area contributed by atoms with Crippen LogP contribution in [0.25, 0.3) is 0 Å². The molecule has 0 bridgehead atoms. The predicted octanol–water partition coefficient (Wildman–Crippen LogP) is 1.53. The van der Waals surface area contributed by atoms with Crippen molar-refractivity contribution in [2.24, 2.45) is 5.73 Å². The van der Waals surface area contributed by atoms with Crippen molar-refractivity contribution in [1.29, 1.82) is 0 Å². The molecule has 1 aliphatic rings. The number of benzene rings is 1. The van der Waals surface area contributed by atoms with Crippen LogP contribution in [0.15, 0.2) is 12.1 Å². The maximum Gasteiger partial charge on any atom is 0.130 e. The first kappa shape index (κ1) is 10.2. The standard InChI is InChI=1S/C11H14FNO2/c1-15-9-5-7(12)4-8(14)10(9)11(6-13)2-3-11/h4-5,14H,2-3,6,13H2,1H3. The molecule has 3 N–H and O–H groups in total. The number of hydrogen-bond donors (Lipinski definition) is 2. The number of methoxy groups -OCH3 is 1. The van der Waals surface area contributed by atoms with Gasteiger partial charge >= 0.3 is 0 Å². The third-order valence-electron chi connectivity index (χ3n) is 3.04. The monoisotopic (exact) mass is 211 g/mol. The van der Waals surface area contributed by atoms with Gasteiger partial charge in [-0.3, -0.25) is 0 Å². The maximum absolute atomic E-state index is 13.0. The van der Waals surface area contributed by atoms with Gasteiger partial charge in [-0.15, -0.1) is 0 Å². The second kappa shape index (κ2) is 3.38. The quantitative estimate of drug-likeness (QED) is 0.797. The van der Waals surface area contributed by atoms with Crippen molar-refractivity contribution in [3.63, 3.8) is 0 Å². The number of phenols is 1. The van der Waals surface area contributed by atoms with Crippen molar-refractivity contribution in [2.75, 3.05) is 13.7 Å². The van der Waals surface area contributed by atoms with Gasteiger partial charge in [-0.2, -0.15) is 0 Å². The largest absolute Gasteiger partial charge is 0.507 e. The summed E-state index contributed by atoms with van der Waals surface area (Å²) in [5, 5.41) is 9.73. The van der Waals surface area contributed by atoms with Crippen LogP contribution in [-0.4, -0.2) is 18.8 Å². The topological polar surface area (TPSA) is 55.5 Å². The van der Waals surface area contributed by atoms with Crippen molar-refractivity contribution in [3.05, 3.63) is 23.5 Å². The van der Waals surface area contributed by atoms with Crippen molar-refractivity contribution < 1.29 is 14.2 Å². The molecule has 0 spiro atoms. The molecule has 0 saturated heterocycles. The van der Waals surface area contributed by atoms with Crippen LogP contribution < -0.4 is 10.5 Å². The van der Waals surface area contributed by atoms with Gasteiger partial charge in [0.2, 0.25) is 0 Å². The Bertz CT molecular complexity index is 388. The zero-order valence-electron chi connectivity index (χ0n) is 8.59. The number of rotatable bonds is 3. The van der Waals surface area contributed by atoms with Crippen LogP contribution in [0, 0.1) is 5.82 Å². The normalized spacial score (nSPS) is 17.5. The van der Waals surface area contributed by atoms with E-state index in [1.54, 1.807) is 0 Å². The van der Waals surface area contributed by atoms with Gasteiger partial charge in [0, 0.05) is 29.7 Å². The van der Waals surface area contributed by atoms with E-state index < -0.39 is 5.82 Å². The molecule has 1 aromatic rings. The van der Waals surface area contributed by atoms with E-state index in [2.05, 4.69) is 0 Å². The molecular weight excluding hydrogens is 197 g/mol. The number of nitrogens with two attached hydrogens (primary N) is 1. The molecule has 1 saturated carbocycles. The zero-order valence-corrected chi connectivity index (χ0v) is 8.59. The fourth-order valence-electron chi connectivity index (χ4n) is 1.97. The smallest absolute Gasteiger partial charge is 0.130 e. The Labute approximate surface area is 87.7 Å². The molecule has 15 heavy (non-hydrogen) atoms. The summed E-state index contributed by atoms with van der Waals surface area (Å²) in [6.45, 7) is 0.447. The van der Waals surface area contributed by atoms with E-state index >= 15 is 0 Å². The fourth-order valence-corrected chi connectivity index (χ4v) is 1.97. The summed E-state index contributed by atoms with van der Waals surface area (Å²) in [7, 11) is 1.46. The molecule has 0 atom stereocenters. The van der Waals surface area contributed by atoms with Crippen molar-refractivity contribution >= 4 is 0 Å². The number of hydrogen-bond acceptors (Lipinski definition) is 3. The summed E-state index contributed by atoms with van der Waals surface area (Å²) >= 11 is 0. The Balaban J connectivity index is 2.54. The Morgan fingerprint density at radius 2 is 2.20 bits per heavy atom. The van der Waals surface area contributed by atoms with Gasteiger partial charge in [-0.05, 0) is 12.8 Å². The van der Waals surface area contributed by atoms with Crippen molar-refractivity contribution in [3.8, 4) is 11.5 Å². The molecule has 0 unspecified atom stereocenters. The summed E-state index contributed by atoms with van der Waals surface area (Å²) in [6, 6.07) is 2.39. The van der Waals surface area contributed by atoms with E-state index in [-0.39, 0.29) is 11.2 Å². The van der Waals surface area contributed by atoms with E-state index in [4.69, 9.17) is 10.5 Å². The molecule has 1 aliphatic carbocycles. The zero-order chi connectivity index (χ0) is 11.1. The average Bonchev–Trinajstić information content (AvgIpc) is 2.97. The molecule has 0 amide bonds. The maximum atomic E-state index is 13.0. The number of phenolic OH excluding ortho intramolecular Hbond substituents is 1. The molecule has 0 radical (unpaired) electrons. The summed E-state index contributed by atoms with van der Waals surface area (Å²) in [5.41, 5.74) is 6.11. The molecule has 3 nitrogen and oxygen atoms in total. The average molecular weight is 211 g/mol. The first-order valence-electron chi connectivity index (χ1n) is 4.90. The molecule has 4 heteroatoms. The molecule has 0 aromatic heterocycles.